The molecular weight excluding hydrogens is 182 g/mol. The summed E-state index contributed by atoms with van der Waals surface area (Å²) in [6, 6.07) is 0. The highest BCUT2D eigenvalue weighted by molar-refractivity contribution is 7.99. The zero-order valence-electron chi connectivity index (χ0n) is 8.00. The number of likely N-dealkylation sites (tertiary alicyclic amines) is 1. The number of hydrogen-bond donors (Lipinski definition) is 0. The van der Waals surface area contributed by atoms with Gasteiger partial charge in [-0.1, -0.05) is 6.08 Å². The van der Waals surface area contributed by atoms with Crippen LogP contribution >= 0.6 is 11.8 Å². The Hall–Kier alpha value is -0.280. The molecule has 74 valence electrons. The Morgan fingerprint density at radius 2 is 2.15 bits per heavy atom. The van der Waals surface area contributed by atoms with Gasteiger partial charge < -0.3 is 4.90 Å². The number of Topliss-reactive ketones (excluding diaryl/α,β-unsaturated/α-hetero) is 1. The standard InChI is InChI=1S/C10H17NOS/c1-2-8-13-9-7-11-5-3-10(12)4-6-11/h2H,1,3-9H2. The average molecular weight is 199 g/mol. The lowest BCUT2D eigenvalue weighted by atomic mass is 10.1. The zero-order chi connectivity index (χ0) is 9.52. The number of carbonyl (C=O) groups is 1. The van der Waals surface area contributed by atoms with Crippen LogP contribution in [0.1, 0.15) is 12.8 Å². The van der Waals surface area contributed by atoms with Gasteiger partial charge >= 0.3 is 0 Å². The van der Waals surface area contributed by atoms with Crippen molar-refractivity contribution in [1.29, 1.82) is 0 Å². The van der Waals surface area contributed by atoms with Crippen LogP contribution in [-0.4, -0.2) is 41.8 Å². The molecule has 0 unspecified atom stereocenters. The first-order valence-corrected chi connectivity index (χ1v) is 5.91. The molecule has 0 aromatic rings. The summed E-state index contributed by atoms with van der Waals surface area (Å²) in [4.78, 5) is 13.3. The first-order valence-electron chi connectivity index (χ1n) is 4.75. The first-order chi connectivity index (χ1) is 6.33. The summed E-state index contributed by atoms with van der Waals surface area (Å²) >= 11 is 1.90. The molecule has 0 atom stereocenters. The Balaban J connectivity index is 2.02. The van der Waals surface area contributed by atoms with Crippen molar-refractivity contribution >= 4 is 17.5 Å². The highest BCUT2D eigenvalue weighted by Gasteiger charge is 2.14. The number of hydrogen-bond acceptors (Lipinski definition) is 3. The SMILES string of the molecule is C=CCSCCN1CCC(=O)CC1. The van der Waals surface area contributed by atoms with Crippen molar-refractivity contribution in [3.63, 3.8) is 0 Å². The van der Waals surface area contributed by atoms with Gasteiger partial charge in [0.2, 0.25) is 0 Å². The molecule has 1 saturated heterocycles. The minimum Gasteiger partial charge on any atom is -0.302 e. The highest BCUT2D eigenvalue weighted by Crippen LogP contribution is 2.07. The van der Waals surface area contributed by atoms with Crippen LogP contribution in [0.25, 0.3) is 0 Å². The normalized spacial score (nSPS) is 18.9. The van der Waals surface area contributed by atoms with E-state index >= 15 is 0 Å². The minimum absolute atomic E-state index is 0.426. The molecule has 0 spiro atoms. The minimum atomic E-state index is 0.426. The van der Waals surface area contributed by atoms with Crippen molar-refractivity contribution in [1.82, 2.24) is 4.90 Å². The Labute approximate surface area is 84.4 Å². The van der Waals surface area contributed by atoms with E-state index in [9.17, 15) is 4.79 Å². The molecule has 1 fully saturated rings. The topological polar surface area (TPSA) is 20.3 Å². The van der Waals surface area contributed by atoms with E-state index in [0.29, 0.717) is 5.78 Å². The fourth-order valence-electron chi connectivity index (χ4n) is 1.39. The molecule has 0 aliphatic carbocycles. The van der Waals surface area contributed by atoms with Gasteiger partial charge in [-0.15, -0.1) is 6.58 Å². The number of rotatable bonds is 5. The molecule has 1 rings (SSSR count). The maximum Gasteiger partial charge on any atom is 0.135 e. The Kier molecular flexibility index (Phi) is 5.16. The van der Waals surface area contributed by atoms with E-state index in [0.717, 1.165) is 44.0 Å². The maximum atomic E-state index is 10.9. The van der Waals surface area contributed by atoms with Crippen LogP contribution in [0.2, 0.25) is 0 Å². The lowest BCUT2D eigenvalue weighted by Crippen LogP contribution is -2.35. The summed E-state index contributed by atoms with van der Waals surface area (Å²) < 4.78 is 0. The summed E-state index contributed by atoms with van der Waals surface area (Å²) in [6.07, 6.45) is 3.45. The summed E-state index contributed by atoms with van der Waals surface area (Å²) in [7, 11) is 0. The molecule has 0 bridgehead atoms. The molecule has 0 N–H and O–H groups in total. The fraction of sp³-hybridized carbons (Fsp3) is 0.700. The smallest absolute Gasteiger partial charge is 0.135 e. The molecule has 1 aliphatic heterocycles. The maximum absolute atomic E-state index is 10.9. The molecular formula is C10H17NOS. The van der Waals surface area contributed by atoms with Crippen LogP contribution in [0.4, 0.5) is 0 Å². The monoisotopic (exact) mass is 199 g/mol. The lowest BCUT2D eigenvalue weighted by Gasteiger charge is -2.25. The molecule has 13 heavy (non-hydrogen) atoms. The van der Waals surface area contributed by atoms with Gasteiger partial charge in [-0.25, -0.2) is 0 Å². The van der Waals surface area contributed by atoms with E-state index in [1.54, 1.807) is 0 Å². The van der Waals surface area contributed by atoms with E-state index in [2.05, 4.69) is 11.5 Å². The lowest BCUT2D eigenvalue weighted by molar-refractivity contribution is -0.121. The molecule has 1 heterocycles. The third-order valence-electron chi connectivity index (χ3n) is 2.20. The van der Waals surface area contributed by atoms with Gasteiger partial charge in [-0.3, -0.25) is 4.79 Å². The van der Waals surface area contributed by atoms with E-state index in [1.807, 2.05) is 17.8 Å². The first kappa shape index (κ1) is 10.8. The summed E-state index contributed by atoms with van der Waals surface area (Å²) in [5.41, 5.74) is 0. The van der Waals surface area contributed by atoms with Crippen molar-refractivity contribution in [2.45, 2.75) is 12.8 Å². The number of piperidine rings is 1. The number of nitrogens with zero attached hydrogens (tertiary/aromatic N) is 1. The van der Waals surface area contributed by atoms with Crippen molar-refractivity contribution in [3.8, 4) is 0 Å². The fourth-order valence-corrected chi connectivity index (χ4v) is 2.11. The van der Waals surface area contributed by atoms with Crippen LogP contribution in [0.15, 0.2) is 12.7 Å². The second-order valence-electron chi connectivity index (χ2n) is 3.24. The van der Waals surface area contributed by atoms with Crippen LogP contribution in [0, 0.1) is 0 Å². The second kappa shape index (κ2) is 6.22. The van der Waals surface area contributed by atoms with Crippen LogP contribution in [-0.2, 0) is 4.79 Å². The quantitative estimate of drug-likeness (QED) is 0.495. The molecule has 1 aliphatic rings. The Morgan fingerprint density at radius 3 is 2.77 bits per heavy atom. The van der Waals surface area contributed by atoms with E-state index in [1.165, 1.54) is 0 Å². The molecule has 0 radical (unpaired) electrons. The van der Waals surface area contributed by atoms with Crippen molar-refractivity contribution < 1.29 is 4.79 Å². The number of ketones is 1. The average Bonchev–Trinajstić information content (AvgIpc) is 2.15. The van der Waals surface area contributed by atoms with E-state index in [4.69, 9.17) is 0 Å². The van der Waals surface area contributed by atoms with E-state index < -0.39 is 0 Å². The van der Waals surface area contributed by atoms with Gasteiger partial charge in [0.1, 0.15) is 5.78 Å². The molecule has 0 aromatic carbocycles. The van der Waals surface area contributed by atoms with Gasteiger partial charge in [0.05, 0.1) is 0 Å². The van der Waals surface area contributed by atoms with Crippen LogP contribution in [0.5, 0.6) is 0 Å². The largest absolute Gasteiger partial charge is 0.302 e. The van der Waals surface area contributed by atoms with Crippen LogP contribution in [0.3, 0.4) is 0 Å². The Bertz CT molecular complexity index is 172. The predicted octanol–water partition coefficient (Wildman–Crippen LogP) is 1.57. The summed E-state index contributed by atoms with van der Waals surface area (Å²) in [5.74, 6) is 2.61. The third-order valence-corrected chi connectivity index (χ3v) is 3.14. The summed E-state index contributed by atoms with van der Waals surface area (Å²) in [5, 5.41) is 0. The zero-order valence-corrected chi connectivity index (χ0v) is 8.81. The number of thioether (sulfide) groups is 1. The van der Waals surface area contributed by atoms with Gasteiger partial charge in [-0.05, 0) is 0 Å². The second-order valence-corrected chi connectivity index (χ2v) is 4.39. The van der Waals surface area contributed by atoms with Gasteiger partial charge in [0.25, 0.3) is 0 Å². The third kappa shape index (κ3) is 4.48. The highest BCUT2D eigenvalue weighted by atomic mass is 32.2. The molecule has 2 nitrogen and oxygen atoms in total. The Morgan fingerprint density at radius 1 is 1.46 bits per heavy atom. The van der Waals surface area contributed by atoms with Crippen molar-refractivity contribution in [3.05, 3.63) is 12.7 Å². The molecule has 0 aromatic heterocycles. The summed E-state index contributed by atoms with van der Waals surface area (Å²) in [6.45, 7) is 6.72. The van der Waals surface area contributed by atoms with Crippen LogP contribution < -0.4 is 0 Å². The molecule has 0 saturated carbocycles. The molecule has 0 amide bonds. The molecule has 3 heteroatoms. The number of carbonyl (C=O) groups excluding carboxylic acids is 1. The van der Waals surface area contributed by atoms with Gasteiger partial charge in [-0.2, -0.15) is 11.8 Å². The van der Waals surface area contributed by atoms with Crippen molar-refractivity contribution in [2.75, 3.05) is 31.1 Å². The van der Waals surface area contributed by atoms with E-state index in [-0.39, 0.29) is 0 Å². The van der Waals surface area contributed by atoms with Gasteiger partial charge in [0.15, 0.2) is 0 Å². The van der Waals surface area contributed by atoms with Crippen molar-refractivity contribution in [2.24, 2.45) is 0 Å². The van der Waals surface area contributed by atoms with Gasteiger partial charge in [0, 0.05) is 44.0 Å². The predicted molar refractivity (Wildman–Crippen MR) is 58.2 cm³/mol.